The molecule has 2 aromatic heterocycles. The predicted octanol–water partition coefficient (Wildman–Crippen LogP) is 7.10. The maximum absolute atomic E-state index is 14.3. The van der Waals surface area contributed by atoms with Crippen LogP contribution in [-0.2, 0) is 9.53 Å². The van der Waals surface area contributed by atoms with Crippen LogP contribution in [0.25, 0.3) is 23.2 Å². The van der Waals surface area contributed by atoms with E-state index in [0.717, 1.165) is 23.1 Å². The highest BCUT2D eigenvalue weighted by Gasteiger charge is 2.35. The second-order valence-corrected chi connectivity index (χ2v) is 14.2. The van der Waals surface area contributed by atoms with Gasteiger partial charge >= 0.3 is 5.97 Å². The Balaban J connectivity index is 1.32. The molecular formula is C37H26Cl2N6O6S2. The van der Waals surface area contributed by atoms with Crippen LogP contribution in [0, 0.1) is 10.1 Å². The van der Waals surface area contributed by atoms with Gasteiger partial charge < -0.3 is 9.47 Å². The zero-order valence-corrected chi connectivity index (χ0v) is 30.9. The molecule has 0 fully saturated rings. The first kappa shape index (κ1) is 35.8. The number of carbonyl (C=O) groups is 1. The number of nitrogens with one attached hydrogen (secondary N) is 1. The molecule has 3 heterocycles. The largest absolute Gasteiger partial charge is 0.497 e. The first-order valence-electron chi connectivity index (χ1n) is 15.9. The Bertz CT molecular complexity index is 2620. The number of ether oxygens (including phenoxy) is 2. The van der Waals surface area contributed by atoms with Gasteiger partial charge in [-0.3, -0.25) is 24.6 Å². The summed E-state index contributed by atoms with van der Waals surface area (Å²) in [6.07, 6.45) is 1.57. The molecule has 1 atom stereocenters. The van der Waals surface area contributed by atoms with Crippen LogP contribution in [0.1, 0.15) is 29.7 Å². The lowest BCUT2D eigenvalue weighted by molar-refractivity contribution is -0.387. The first-order valence-corrected chi connectivity index (χ1v) is 18.3. The Kier molecular flexibility index (Phi) is 10.3. The quantitative estimate of drug-likeness (QED) is 0.0871. The van der Waals surface area contributed by atoms with Crippen LogP contribution in [0.3, 0.4) is 0 Å². The third-order valence-corrected chi connectivity index (χ3v) is 10.6. The molecule has 0 saturated carbocycles. The number of methoxy groups -OCH3 is 1. The van der Waals surface area contributed by atoms with Gasteiger partial charge in [0.15, 0.2) is 10.6 Å². The minimum atomic E-state index is -0.917. The van der Waals surface area contributed by atoms with Gasteiger partial charge in [-0.05, 0) is 72.3 Å². The van der Waals surface area contributed by atoms with Gasteiger partial charge in [0.1, 0.15) is 5.75 Å². The number of hydrogen-bond donors (Lipinski definition) is 1. The molecule has 4 aromatic carbocycles. The number of esters is 1. The number of aromatic amines is 1. The van der Waals surface area contributed by atoms with E-state index in [0.29, 0.717) is 54.4 Å². The lowest BCUT2D eigenvalue weighted by Crippen LogP contribution is -2.40. The highest BCUT2D eigenvalue weighted by molar-refractivity contribution is 7.99. The Labute approximate surface area is 319 Å². The van der Waals surface area contributed by atoms with E-state index in [-0.39, 0.29) is 32.5 Å². The molecule has 0 unspecified atom stereocenters. The van der Waals surface area contributed by atoms with Gasteiger partial charge in [0.2, 0.25) is 5.16 Å². The fourth-order valence-corrected chi connectivity index (χ4v) is 8.06. The van der Waals surface area contributed by atoms with Crippen LogP contribution >= 0.6 is 46.3 Å². The van der Waals surface area contributed by atoms with Crippen molar-refractivity contribution in [2.45, 2.75) is 23.0 Å². The maximum Gasteiger partial charge on any atom is 0.338 e. The summed E-state index contributed by atoms with van der Waals surface area (Å²) in [7, 11) is 1.53. The van der Waals surface area contributed by atoms with E-state index in [4.69, 9.17) is 37.7 Å². The number of nitro groups is 1. The summed E-state index contributed by atoms with van der Waals surface area (Å²) in [5.41, 5.74) is 2.16. The highest BCUT2D eigenvalue weighted by atomic mass is 35.5. The maximum atomic E-state index is 14.3. The second-order valence-electron chi connectivity index (χ2n) is 11.4. The van der Waals surface area contributed by atoms with Crippen LogP contribution in [0.5, 0.6) is 5.75 Å². The lowest BCUT2D eigenvalue weighted by atomic mass is 9.93. The molecular weight excluding hydrogens is 759 g/mol. The van der Waals surface area contributed by atoms with Crippen LogP contribution in [0.2, 0.25) is 10.0 Å². The fourth-order valence-electron chi connectivity index (χ4n) is 5.76. The number of rotatable bonds is 10. The number of halogens is 2. The van der Waals surface area contributed by atoms with Gasteiger partial charge in [-0.25, -0.2) is 14.8 Å². The van der Waals surface area contributed by atoms with Gasteiger partial charge in [-0.2, -0.15) is 0 Å². The summed E-state index contributed by atoms with van der Waals surface area (Å²) < 4.78 is 12.7. The van der Waals surface area contributed by atoms with Crippen LogP contribution in [-0.4, -0.2) is 44.4 Å². The van der Waals surface area contributed by atoms with Crippen molar-refractivity contribution in [3.8, 4) is 17.1 Å². The van der Waals surface area contributed by atoms with Crippen molar-refractivity contribution in [2.24, 2.45) is 4.99 Å². The minimum absolute atomic E-state index is 0.112. The van der Waals surface area contributed by atoms with Crippen LogP contribution in [0.15, 0.2) is 116 Å². The Morgan fingerprint density at radius 2 is 1.89 bits per heavy atom. The van der Waals surface area contributed by atoms with Gasteiger partial charge in [0, 0.05) is 22.2 Å². The zero-order chi connectivity index (χ0) is 37.2. The van der Waals surface area contributed by atoms with Gasteiger partial charge in [-0.1, -0.05) is 83.1 Å². The van der Waals surface area contributed by atoms with E-state index in [9.17, 15) is 19.7 Å². The molecule has 0 bridgehead atoms. The van der Waals surface area contributed by atoms with Gasteiger partial charge in [0.25, 0.3) is 11.2 Å². The molecule has 0 aliphatic carbocycles. The Morgan fingerprint density at radius 1 is 1.08 bits per heavy atom. The summed E-state index contributed by atoms with van der Waals surface area (Å²) in [5, 5.41) is 20.4. The molecule has 1 N–H and O–H groups in total. The van der Waals surface area contributed by atoms with E-state index in [2.05, 4.69) is 15.2 Å². The number of H-pyrrole nitrogens is 1. The topological polar surface area (TPSA) is 155 Å². The smallest absolute Gasteiger partial charge is 0.338 e. The van der Waals surface area contributed by atoms with E-state index in [1.165, 1.54) is 17.7 Å². The predicted molar refractivity (Wildman–Crippen MR) is 203 cm³/mol. The number of nitrogens with zero attached hydrogens (tertiary/aromatic N) is 5. The molecule has 0 saturated heterocycles. The van der Waals surface area contributed by atoms with Crippen LogP contribution in [0.4, 0.5) is 5.69 Å². The van der Waals surface area contributed by atoms with E-state index >= 15 is 0 Å². The third-order valence-electron chi connectivity index (χ3n) is 8.11. The van der Waals surface area contributed by atoms with Gasteiger partial charge in [0.05, 0.1) is 50.4 Å². The monoisotopic (exact) mass is 784 g/mol. The average molecular weight is 786 g/mol. The van der Waals surface area contributed by atoms with Crippen molar-refractivity contribution in [2.75, 3.05) is 13.7 Å². The number of carbonyl (C=O) groups excluding carboxylic acids is 1. The second kappa shape index (κ2) is 15.2. The SMILES string of the molecule is CCOC(=O)C1=C(c2ccccc2)N=c2s/c(=C/c3ccc(Sc4n[nH]c(-c5ccc(Cl)cc5Cl)n4)c([N+](=O)[O-])c3)c(=O)n2[C@@H]1c1cccc(OC)c1. The third kappa shape index (κ3) is 7.26. The molecule has 0 amide bonds. The van der Waals surface area contributed by atoms with Crippen molar-refractivity contribution >= 4 is 69.7 Å². The summed E-state index contributed by atoms with van der Waals surface area (Å²) >= 11 is 14.4. The van der Waals surface area contributed by atoms with Gasteiger partial charge in [-0.15, -0.1) is 5.10 Å². The van der Waals surface area contributed by atoms with E-state index in [1.807, 2.05) is 30.3 Å². The number of hydrogen-bond acceptors (Lipinski definition) is 11. The minimum Gasteiger partial charge on any atom is -0.497 e. The first-order chi connectivity index (χ1) is 25.6. The number of aromatic nitrogens is 4. The molecule has 6 aromatic rings. The van der Waals surface area contributed by atoms with Crippen LogP contribution < -0.4 is 19.6 Å². The number of thiazole rings is 1. The summed E-state index contributed by atoms with van der Waals surface area (Å²) in [6, 6.07) is 24.9. The summed E-state index contributed by atoms with van der Waals surface area (Å²) in [5.74, 6) is 0.291. The molecule has 53 heavy (non-hydrogen) atoms. The van der Waals surface area contributed by atoms with Crippen molar-refractivity contribution in [1.82, 2.24) is 19.7 Å². The lowest BCUT2D eigenvalue weighted by Gasteiger charge is -2.26. The van der Waals surface area contributed by atoms with Crippen molar-refractivity contribution < 1.29 is 19.2 Å². The molecule has 1 aliphatic rings. The molecule has 1 aliphatic heterocycles. The number of benzene rings is 4. The normalized spacial score (nSPS) is 14.1. The Hall–Kier alpha value is -5.54. The standard InChI is InChI=1S/C37H26Cl2N6O6S2/c1-3-51-35(47)30-31(21-8-5-4-6-9-21)40-37-44(32(30)22-10-7-11-24(18-22)50-2)34(46)29(53-37)17-20-12-15-28(27(16-20)45(48)49)52-36-41-33(42-43-36)25-14-13-23(38)19-26(25)39/h4-19,32H,3H2,1-2H3,(H,41,42,43)/b29-17+/t32-/m1/s1. The van der Waals surface area contributed by atoms with E-state index in [1.54, 1.807) is 67.6 Å². The summed E-state index contributed by atoms with van der Waals surface area (Å²) in [6.45, 7) is 1.82. The average Bonchev–Trinajstić information content (AvgIpc) is 3.75. The van der Waals surface area contributed by atoms with Crippen molar-refractivity contribution in [3.63, 3.8) is 0 Å². The van der Waals surface area contributed by atoms with Crippen molar-refractivity contribution in [1.29, 1.82) is 0 Å². The molecule has 0 spiro atoms. The molecule has 266 valence electrons. The Morgan fingerprint density at radius 3 is 2.62 bits per heavy atom. The zero-order valence-electron chi connectivity index (χ0n) is 27.8. The highest BCUT2D eigenvalue weighted by Crippen LogP contribution is 2.37. The fraction of sp³-hybridized carbons (Fsp3) is 0.108. The van der Waals surface area contributed by atoms with E-state index < -0.39 is 22.5 Å². The molecule has 7 rings (SSSR count). The summed E-state index contributed by atoms with van der Waals surface area (Å²) in [4.78, 5) is 49.7. The molecule has 0 radical (unpaired) electrons. The molecule has 12 nitrogen and oxygen atoms in total. The number of fused-ring (bicyclic) bond motifs is 1. The number of nitro benzene ring substituents is 1. The molecule has 16 heteroatoms. The van der Waals surface area contributed by atoms with Crippen molar-refractivity contribution in [3.05, 3.63) is 153 Å².